The first-order chi connectivity index (χ1) is 11.7. The molecule has 0 spiro atoms. The van der Waals surface area contributed by atoms with E-state index in [1.54, 1.807) is 0 Å². The van der Waals surface area contributed by atoms with Gasteiger partial charge in [0.15, 0.2) is 0 Å². The maximum atomic E-state index is 12.7. The molecule has 1 amide bonds. The number of amides is 1. The molecule has 2 aliphatic heterocycles. The summed E-state index contributed by atoms with van der Waals surface area (Å²) in [5.41, 5.74) is 0. The number of hydrogen-bond donors (Lipinski definition) is 1. The van der Waals surface area contributed by atoms with E-state index in [4.69, 9.17) is 4.74 Å². The van der Waals surface area contributed by atoms with Crippen LogP contribution in [0.25, 0.3) is 0 Å². The summed E-state index contributed by atoms with van der Waals surface area (Å²) in [4.78, 5) is 19.2. The smallest absolute Gasteiger partial charge is 0.236 e. The lowest BCUT2D eigenvalue weighted by molar-refractivity contribution is -0.148. The number of nitrogens with one attached hydrogen (secondary N) is 1. The third kappa shape index (κ3) is 3.19. The van der Waals surface area contributed by atoms with Crippen LogP contribution >= 0.6 is 0 Å². The lowest BCUT2D eigenvalue weighted by Gasteiger charge is -2.44. The standard InChI is InChI=1S/C17H27N5O2/c1-12-19-16-7-6-13(11-22(16)20-12)18-10-17(23)21-8-9-24-15-5-3-2-4-14(15)21/h13-15,18H,2-11H2,1H3. The Balaban J connectivity index is 1.32. The largest absolute Gasteiger partial charge is 0.374 e. The van der Waals surface area contributed by atoms with E-state index in [-0.39, 0.29) is 18.1 Å². The first-order valence-electron chi connectivity index (χ1n) is 9.25. The van der Waals surface area contributed by atoms with Gasteiger partial charge in [-0.3, -0.25) is 4.79 Å². The minimum atomic E-state index is 0.218. The number of nitrogens with zero attached hydrogens (tertiary/aromatic N) is 4. The zero-order chi connectivity index (χ0) is 16.5. The molecule has 3 heterocycles. The van der Waals surface area contributed by atoms with E-state index < -0.39 is 0 Å². The fourth-order valence-corrected chi connectivity index (χ4v) is 4.34. The van der Waals surface area contributed by atoms with Crippen molar-refractivity contribution in [1.29, 1.82) is 0 Å². The number of aryl methyl sites for hydroxylation is 2. The molecule has 3 atom stereocenters. The van der Waals surface area contributed by atoms with Crippen LogP contribution in [0.4, 0.5) is 0 Å². The maximum Gasteiger partial charge on any atom is 0.236 e. The van der Waals surface area contributed by atoms with Gasteiger partial charge in [0.1, 0.15) is 11.6 Å². The Morgan fingerprint density at radius 1 is 1.33 bits per heavy atom. The molecule has 0 aromatic carbocycles. The molecule has 24 heavy (non-hydrogen) atoms. The SMILES string of the molecule is Cc1nc2n(n1)CC(NCC(=O)N1CCOC3CCCCC31)CC2. The highest BCUT2D eigenvalue weighted by atomic mass is 16.5. The average Bonchev–Trinajstić information content (AvgIpc) is 2.98. The zero-order valence-electron chi connectivity index (χ0n) is 14.4. The molecule has 1 N–H and O–H groups in total. The Hall–Kier alpha value is -1.47. The Kier molecular flexibility index (Phi) is 4.54. The molecule has 7 heteroatoms. The van der Waals surface area contributed by atoms with Crippen LogP contribution in [0, 0.1) is 6.92 Å². The number of hydrogen-bond acceptors (Lipinski definition) is 5. The number of morpholine rings is 1. The van der Waals surface area contributed by atoms with E-state index in [1.165, 1.54) is 12.8 Å². The number of aromatic nitrogens is 3. The highest BCUT2D eigenvalue weighted by Crippen LogP contribution is 2.28. The van der Waals surface area contributed by atoms with Crippen molar-refractivity contribution in [2.24, 2.45) is 0 Å². The average molecular weight is 333 g/mol. The van der Waals surface area contributed by atoms with Crippen molar-refractivity contribution < 1.29 is 9.53 Å². The molecule has 0 bridgehead atoms. The predicted octanol–water partition coefficient (Wildman–Crippen LogP) is 0.661. The molecule has 4 rings (SSSR count). The van der Waals surface area contributed by atoms with Gasteiger partial charge in [0.2, 0.25) is 5.91 Å². The summed E-state index contributed by atoms with van der Waals surface area (Å²) in [7, 11) is 0. The number of fused-ring (bicyclic) bond motifs is 2. The summed E-state index contributed by atoms with van der Waals surface area (Å²) in [6.45, 7) is 4.56. The fraction of sp³-hybridized carbons (Fsp3) is 0.824. The van der Waals surface area contributed by atoms with Crippen molar-refractivity contribution in [1.82, 2.24) is 25.0 Å². The van der Waals surface area contributed by atoms with Crippen LogP contribution in [-0.2, 0) is 22.5 Å². The van der Waals surface area contributed by atoms with Crippen LogP contribution < -0.4 is 5.32 Å². The number of carbonyl (C=O) groups excluding carboxylic acids is 1. The van der Waals surface area contributed by atoms with Crippen molar-refractivity contribution in [3.8, 4) is 0 Å². The van der Waals surface area contributed by atoms with Gasteiger partial charge in [0, 0.05) is 19.0 Å². The highest BCUT2D eigenvalue weighted by molar-refractivity contribution is 5.78. The quantitative estimate of drug-likeness (QED) is 0.880. The molecule has 3 unspecified atom stereocenters. The monoisotopic (exact) mass is 333 g/mol. The molecule has 1 aromatic heterocycles. The molecule has 1 aromatic rings. The van der Waals surface area contributed by atoms with Gasteiger partial charge in [-0.15, -0.1) is 0 Å². The van der Waals surface area contributed by atoms with Gasteiger partial charge in [-0.2, -0.15) is 5.10 Å². The first-order valence-corrected chi connectivity index (χ1v) is 9.25. The second kappa shape index (κ2) is 6.80. The van der Waals surface area contributed by atoms with E-state index in [0.717, 1.165) is 50.4 Å². The van der Waals surface area contributed by atoms with Crippen molar-refractivity contribution in [2.75, 3.05) is 19.7 Å². The Morgan fingerprint density at radius 3 is 3.12 bits per heavy atom. The molecule has 0 radical (unpaired) electrons. The van der Waals surface area contributed by atoms with Crippen LogP contribution in [-0.4, -0.2) is 63.5 Å². The van der Waals surface area contributed by atoms with Crippen LogP contribution in [0.5, 0.6) is 0 Å². The van der Waals surface area contributed by atoms with Gasteiger partial charge >= 0.3 is 0 Å². The van der Waals surface area contributed by atoms with Crippen molar-refractivity contribution in [3.05, 3.63) is 11.6 Å². The van der Waals surface area contributed by atoms with Gasteiger partial charge in [-0.25, -0.2) is 9.67 Å². The zero-order valence-corrected chi connectivity index (χ0v) is 14.4. The van der Waals surface area contributed by atoms with Crippen LogP contribution in [0.2, 0.25) is 0 Å². The number of rotatable bonds is 3. The second-order valence-electron chi connectivity index (χ2n) is 7.22. The molecule has 1 saturated heterocycles. The normalized spacial score (nSPS) is 29.9. The lowest BCUT2D eigenvalue weighted by Crippen LogP contribution is -2.57. The second-order valence-corrected chi connectivity index (χ2v) is 7.22. The summed E-state index contributed by atoms with van der Waals surface area (Å²) < 4.78 is 7.84. The Morgan fingerprint density at radius 2 is 2.21 bits per heavy atom. The third-order valence-corrected chi connectivity index (χ3v) is 5.56. The van der Waals surface area contributed by atoms with E-state index in [0.29, 0.717) is 19.2 Å². The number of carbonyl (C=O) groups is 1. The van der Waals surface area contributed by atoms with E-state index in [2.05, 4.69) is 20.3 Å². The molecule has 132 valence electrons. The van der Waals surface area contributed by atoms with Crippen molar-refractivity contribution in [2.45, 2.75) is 70.2 Å². The van der Waals surface area contributed by atoms with Gasteiger partial charge in [0.05, 0.1) is 31.8 Å². The Bertz CT molecular complexity index is 600. The van der Waals surface area contributed by atoms with Crippen molar-refractivity contribution in [3.63, 3.8) is 0 Å². The van der Waals surface area contributed by atoms with Crippen LogP contribution in [0.1, 0.15) is 43.8 Å². The van der Waals surface area contributed by atoms with Crippen LogP contribution in [0.3, 0.4) is 0 Å². The lowest BCUT2D eigenvalue weighted by atomic mass is 9.90. The molecular weight excluding hydrogens is 306 g/mol. The topological polar surface area (TPSA) is 72.3 Å². The summed E-state index contributed by atoms with van der Waals surface area (Å²) in [5.74, 6) is 2.12. The highest BCUT2D eigenvalue weighted by Gasteiger charge is 2.36. The summed E-state index contributed by atoms with van der Waals surface area (Å²) in [6, 6.07) is 0.587. The summed E-state index contributed by atoms with van der Waals surface area (Å²) >= 11 is 0. The van der Waals surface area contributed by atoms with Crippen LogP contribution in [0.15, 0.2) is 0 Å². The molecule has 7 nitrogen and oxygen atoms in total. The predicted molar refractivity (Wildman–Crippen MR) is 88.6 cm³/mol. The van der Waals surface area contributed by atoms with Gasteiger partial charge in [-0.05, 0) is 26.2 Å². The Labute approximate surface area is 142 Å². The third-order valence-electron chi connectivity index (χ3n) is 5.56. The van der Waals surface area contributed by atoms with E-state index in [1.807, 2.05) is 11.6 Å². The fourth-order valence-electron chi connectivity index (χ4n) is 4.34. The van der Waals surface area contributed by atoms with Gasteiger partial charge < -0.3 is 15.0 Å². The molecule has 3 aliphatic rings. The van der Waals surface area contributed by atoms with E-state index in [9.17, 15) is 4.79 Å². The number of ether oxygens (including phenoxy) is 1. The van der Waals surface area contributed by atoms with E-state index >= 15 is 0 Å². The first kappa shape index (κ1) is 16.0. The molecule has 2 fully saturated rings. The minimum absolute atomic E-state index is 0.218. The summed E-state index contributed by atoms with van der Waals surface area (Å²) in [6.07, 6.45) is 6.81. The molecule has 1 saturated carbocycles. The van der Waals surface area contributed by atoms with Crippen molar-refractivity contribution >= 4 is 5.91 Å². The van der Waals surface area contributed by atoms with Gasteiger partial charge in [-0.1, -0.05) is 12.8 Å². The van der Waals surface area contributed by atoms with Gasteiger partial charge in [0.25, 0.3) is 0 Å². The molecule has 1 aliphatic carbocycles. The molecular formula is C17H27N5O2. The minimum Gasteiger partial charge on any atom is -0.374 e. The summed E-state index contributed by atoms with van der Waals surface area (Å²) in [5, 5.41) is 7.87. The maximum absolute atomic E-state index is 12.7.